The second-order valence-electron chi connectivity index (χ2n) is 6.27. The molecule has 0 spiro atoms. The Morgan fingerprint density at radius 1 is 1.30 bits per heavy atom. The van der Waals surface area contributed by atoms with E-state index in [0.29, 0.717) is 11.4 Å². The maximum absolute atomic E-state index is 12.4. The summed E-state index contributed by atoms with van der Waals surface area (Å²) in [7, 11) is 1.55. The molecule has 9 heteroatoms. The number of hydrogen-bond donors (Lipinski definition) is 3. The van der Waals surface area contributed by atoms with E-state index in [9.17, 15) is 19.2 Å². The minimum atomic E-state index is -1.02. The molecule has 2 rings (SSSR count). The summed E-state index contributed by atoms with van der Waals surface area (Å²) in [5.74, 6) is -1.94. The lowest BCUT2D eigenvalue weighted by Gasteiger charge is -2.18. The van der Waals surface area contributed by atoms with Gasteiger partial charge in [-0.3, -0.25) is 19.2 Å². The molecule has 0 unspecified atom stereocenters. The number of benzene rings is 1. The first-order valence-electron chi connectivity index (χ1n) is 8.56. The highest BCUT2D eigenvalue weighted by molar-refractivity contribution is 6.01. The van der Waals surface area contributed by atoms with E-state index in [2.05, 4.69) is 10.6 Å². The summed E-state index contributed by atoms with van der Waals surface area (Å²) in [6.45, 7) is 1.72. The molecule has 0 radical (unpaired) electrons. The lowest BCUT2D eigenvalue weighted by Crippen LogP contribution is -2.47. The largest absolute Gasteiger partial charge is 0.497 e. The number of carboxylic acid groups (broad SMARTS) is 1. The molecule has 9 nitrogen and oxygen atoms in total. The topological polar surface area (TPSA) is 125 Å². The van der Waals surface area contributed by atoms with Crippen LogP contribution in [0.4, 0.5) is 5.69 Å². The molecular weight excluding hydrogens is 354 g/mol. The van der Waals surface area contributed by atoms with Crippen molar-refractivity contribution in [1.82, 2.24) is 10.6 Å². The zero-order valence-electron chi connectivity index (χ0n) is 15.2. The van der Waals surface area contributed by atoms with Crippen LogP contribution in [0.3, 0.4) is 0 Å². The van der Waals surface area contributed by atoms with Gasteiger partial charge in [-0.05, 0) is 31.2 Å². The fourth-order valence-corrected chi connectivity index (χ4v) is 2.74. The van der Waals surface area contributed by atoms with Crippen LogP contribution in [-0.4, -0.2) is 55.0 Å². The number of ether oxygens (including phenoxy) is 1. The molecule has 1 fully saturated rings. The van der Waals surface area contributed by atoms with Crippen LogP contribution in [0.2, 0.25) is 0 Å². The quantitative estimate of drug-likeness (QED) is 0.592. The van der Waals surface area contributed by atoms with E-state index in [0.717, 1.165) is 0 Å². The Balaban J connectivity index is 1.88. The standard InChI is InChI=1S/C18H23N3O6/c1-11(17(25)19-8-7-16(23)24)20-18(26)12-9-15(22)21(10-12)13-3-5-14(27-2)6-4-13/h3-6,11-12H,7-10H2,1-2H3,(H,19,25)(H,20,26)(H,23,24)/t11-,12+/m0/s1. The van der Waals surface area contributed by atoms with Gasteiger partial charge in [0.25, 0.3) is 0 Å². The van der Waals surface area contributed by atoms with Gasteiger partial charge in [0.1, 0.15) is 11.8 Å². The summed E-state index contributed by atoms with van der Waals surface area (Å²) < 4.78 is 5.09. The van der Waals surface area contributed by atoms with E-state index >= 15 is 0 Å². The van der Waals surface area contributed by atoms with Gasteiger partial charge >= 0.3 is 5.97 Å². The average Bonchev–Trinajstić information content (AvgIpc) is 3.03. The predicted octanol–water partition coefficient (Wildman–Crippen LogP) is 0.144. The number of rotatable bonds is 8. The molecule has 1 saturated heterocycles. The summed E-state index contributed by atoms with van der Waals surface area (Å²) in [4.78, 5) is 48.5. The molecule has 1 aromatic carbocycles. The maximum atomic E-state index is 12.4. The third kappa shape index (κ3) is 5.44. The van der Waals surface area contributed by atoms with Crippen LogP contribution in [0.25, 0.3) is 0 Å². The second-order valence-corrected chi connectivity index (χ2v) is 6.27. The van der Waals surface area contributed by atoms with E-state index in [-0.39, 0.29) is 37.7 Å². The number of nitrogens with zero attached hydrogens (tertiary/aromatic N) is 1. The van der Waals surface area contributed by atoms with Gasteiger partial charge in [0, 0.05) is 25.2 Å². The van der Waals surface area contributed by atoms with Gasteiger partial charge in [-0.25, -0.2) is 0 Å². The van der Waals surface area contributed by atoms with Crippen molar-refractivity contribution in [1.29, 1.82) is 0 Å². The van der Waals surface area contributed by atoms with Crippen LogP contribution in [0.5, 0.6) is 5.75 Å². The number of hydrogen-bond acceptors (Lipinski definition) is 5. The molecule has 27 heavy (non-hydrogen) atoms. The van der Waals surface area contributed by atoms with Crippen LogP contribution >= 0.6 is 0 Å². The number of amides is 3. The van der Waals surface area contributed by atoms with Crippen molar-refractivity contribution in [3.05, 3.63) is 24.3 Å². The molecule has 3 N–H and O–H groups in total. The maximum Gasteiger partial charge on any atom is 0.305 e. The first kappa shape index (κ1) is 20.2. The number of carboxylic acids is 1. The third-order valence-corrected chi connectivity index (χ3v) is 4.27. The first-order chi connectivity index (χ1) is 12.8. The molecular formula is C18H23N3O6. The monoisotopic (exact) mass is 377 g/mol. The Morgan fingerprint density at radius 2 is 1.96 bits per heavy atom. The van der Waals surface area contributed by atoms with Crippen molar-refractivity contribution >= 4 is 29.4 Å². The molecule has 1 aliphatic heterocycles. The van der Waals surface area contributed by atoms with Gasteiger partial charge in [0.2, 0.25) is 17.7 Å². The summed E-state index contributed by atoms with van der Waals surface area (Å²) in [6, 6.07) is 6.14. The van der Waals surface area contributed by atoms with Gasteiger partial charge in [-0.1, -0.05) is 0 Å². The van der Waals surface area contributed by atoms with Gasteiger partial charge in [0.05, 0.1) is 19.4 Å². The Morgan fingerprint density at radius 3 is 2.56 bits per heavy atom. The molecule has 0 aliphatic carbocycles. The normalized spacial score (nSPS) is 17.3. The average molecular weight is 377 g/mol. The van der Waals surface area contributed by atoms with E-state index in [1.807, 2.05) is 0 Å². The SMILES string of the molecule is COc1ccc(N2C[C@H](C(=O)N[C@@H](C)C(=O)NCCC(=O)O)CC2=O)cc1. The Kier molecular flexibility index (Phi) is 6.75. The van der Waals surface area contributed by atoms with Crippen molar-refractivity contribution < 1.29 is 29.0 Å². The lowest BCUT2D eigenvalue weighted by atomic mass is 10.1. The fourth-order valence-electron chi connectivity index (χ4n) is 2.74. The fraction of sp³-hybridized carbons (Fsp3) is 0.444. The molecule has 1 heterocycles. The molecule has 2 atom stereocenters. The molecule has 146 valence electrons. The van der Waals surface area contributed by atoms with Gasteiger partial charge in [-0.2, -0.15) is 0 Å². The zero-order valence-corrected chi connectivity index (χ0v) is 15.2. The minimum absolute atomic E-state index is 0.0124. The van der Waals surface area contributed by atoms with Crippen molar-refractivity contribution in [2.24, 2.45) is 5.92 Å². The predicted molar refractivity (Wildman–Crippen MR) is 96.3 cm³/mol. The van der Waals surface area contributed by atoms with E-state index in [1.165, 1.54) is 11.8 Å². The van der Waals surface area contributed by atoms with Crippen molar-refractivity contribution in [2.45, 2.75) is 25.8 Å². The first-order valence-corrected chi connectivity index (χ1v) is 8.56. The highest BCUT2D eigenvalue weighted by Gasteiger charge is 2.36. The van der Waals surface area contributed by atoms with Crippen LogP contribution in [0.15, 0.2) is 24.3 Å². The number of anilines is 1. The van der Waals surface area contributed by atoms with Crippen LogP contribution in [-0.2, 0) is 19.2 Å². The Labute approximate surface area is 156 Å². The summed E-state index contributed by atoms with van der Waals surface area (Å²) >= 11 is 0. The van der Waals surface area contributed by atoms with Crippen molar-refractivity contribution in [3.63, 3.8) is 0 Å². The van der Waals surface area contributed by atoms with E-state index in [4.69, 9.17) is 9.84 Å². The molecule has 0 bridgehead atoms. The Bertz CT molecular complexity index is 718. The Hall–Kier alpha value is -3.10. The van der Waals surface area contributed by atoms with Crippen molar-refractivity contribution in [3.8, 4) is 5.75 Å². The van der Waals surface area contributed by atoms with E-state index < -0.39 is 23.8 Å². The summed E-state index contributed by atoms with van der Waals surface area (Å²) in [6.07, 6.45) is -0.133. The number of carbonyl (C=O) groups excluding carboxylic acids is 3. The lowest BCUT2D eigenvalue weighted by molar-refractivity contribution is -0.137. The van der Waals surface area contributed by atoms with E-state index in [1.54, 1.807) is 31.4 Å². The molecule has 3 amide bonds. The van der Waals surface area contributed by atoms with Crippen LogP contribution in [0.1, 0.15) is 19.8 Å². The molecule has 1 aromatic rings. The number of methoxy groups -OCH3 is 1. The van der Waals surface area contributed by atoms with Crippen LogP contribution in [0, 0.1) is 5.92 Å². The number of carbonyl (C=O) groups is 4. The van der Waals surface area contributed by atoms with Gasteiger partial charge < -0.3 is 25.4 Å². The summed E-state index contributed by atoms with van der Waals surface area (Å²) in [5.41, 5.74) is 0.676. The van der Waals surface area contributed by atoms with Gasteiger partial charge in [-0.15, -0.1) is 0 Å². The minimum Gasteiger partial charge on any atom is -0.497 e. The highest BCUT2D eigenvalue weighted by Crippen LogP contribution is 2.26. The zero-order chi connectivity index (χ0) is 20.0. The van der Waals surface area contributed by atoms with Gasteiger partial charge in [0.15, 0.2) is 0 Å². The van der Waals surface area contributed by atoms with Crippen LogP contribution < -0.4 is 20.3 Å². The molecule has 0 saturated carbocycles. The number of aliphatic carboxylic acids is 1. The number of nitrogens with one attached hydrogen (secondary N) is 2. The highest BCUT2D eigenvalue weighted by atomic mass is 16.5. The smallest absolute Gasteiger partial charge is 0.305 e. The third-order valence-electron chi connectivity index (χ3n) is 4.27. The molecule has 0 aromatic heterocycles. The molecule has 1 aliphatic rings. The second kappa shape index (κ2) is 9.02. The summed E-state index contributed by atoms with van der Waals surface area (Å²) in [5, 5.41) is 13.6. The van der Waals surface area contributed by atoms with Crippen molar-refractivity contribution in [2.75, 3.05) is 25.1 Å².